The van der Waals surface area contributed by atoms with Crippen LogP contribution in [-0.2, 0) is 6.54 Å². The van der Waals surface area contributed by atoms with Crippen molar-refractivity contribution in [2.75, 3.05) is 13.7 Å². The quantitative estimate of drug-likeness (QED) is 0.884. The van der Waals surface area contributed by atoms with Gasteiger partial charge >= 0.3 is 0 Å². The number of aliphatic hydroxyl groups is 1. The second kappa shape index (κ2) is 7.58. The highest BCUT2D eigenvalue weighted by molar-refractivity contribution is 5.37. The molecule has 2 aromatic rings. The maximum Gasteiger partial charge on any atom is 0.0995 e. The van der Waals surface area contributed by atoms with Crippen molar-refractivity contribution >= 4 is 0 Å². The largest absolute Gasteiger partial charge is 0.396 e. The summed E-state index contributed by atoms with van der Waals surface area (Å²) in [6.45, 7) is 0.826. The van der Waals surface area contributed by atoms with Gasteiger partial charge in [0.05, 0.1) is 11.6 Å². The SMILES string of the molecule is CN(Cc1ccccc1C#N)[C@@H](CCO)c1ccccc1. The molecule has 0 spiro atoms. The van der Waals surface area contributed by atoms with E-state index in [9.17, 15) is 10.4 Å². The molecule has 0 saturated carbocycles. The molecule has 1 atom stereocenters. The Bertz CT molecular complexity index is 604. The molecule has 3 heteroatoms. The van der Waals surface area contributed by atoms with Crippen molar-refractivity contribution in [2.45, 2.75) is 19.0 Å². The predicted molar refractivity (Wildman–Crippen MR) is 83.5 cm³/mol. The highest BCUT2D eigenvalue weighted by atomic mass is 16.3. The lowest BCUT2D eigenvalue weighted by atomic mass is 10.0. The number of nitriles is 1. The second-order valence-corrected chi connectivity index (χ2v) is 5.12. The summed E-state index contributed by atoms with van der Waals surface area (Å²) in [5.74, 6) is 0. The summed E-state index contributed by atoms with van der Waals surface area (Å²) >= 11 is 0. The molecule has 0 fully saturated rings. The first-order valence-corrected chi connectivity index (χ1v) is 7.10. The molecule has 0 radical (unpaired) electrons. The molecule has 0 saturated heterocycles. The molecule has 0 bridgehead atoms. The molecule has 108 valence electrons. The molecule has 2 rings (SSSR count). The average Bonchev–Trinajstić information content (AvgIpc) is 2.53. The predicted octanol–water partition coefficient (Wildman–Crippen LogP) is 3.11. The summed E-state index contributed by atoms with van der Waals surface area (Å²) in [6, 6.07) is 20.2. The summed E-state index contributed by atoms with van der Waals surface area (Å²) in [4.78, 5) is 2.18. The Morgan fingerprint density at radius 3 is 2.43 bits per heavy atom. The van der Waals surface area contributed by atoms with Crippen LogP contribution in [0.4, 0.5) is 0 Å². The topological polar surface area (TPSA) is 47.3 Å². The molecular weight excluding hydrogens is 260 g/mol. The molecule has 0 heterocycles. The molecule has 0 unspecified atom stereocenters. The van der Waals surface area contributed by atoms with E-state index in [-0.39, 0.29) is 12.6 Å². The molecule has 1 N–H and O–H groups in total. The Kier molecular flexibility index (Phi) is 5.51. The first-order chi connectivity index (χ1) is 10.3. The van der Waals surface area contributed by atoms with Crippen LogP contribution in [0.5, 0.6) is 0 Å². The van der Waals surface area contributed by atoms with Gasteiger partial charge in [-0.3, -0.25) is 4.90 Å². The minimum atomic E-state index is 0.142. The van der Waals surface area contributed by atoms with E-state index in [0.717, 1.165) is 5.56 Å². The lowest BCUT2D eigenvalue weighted by molar-refractivity contribution is 0.180. The molecule has 0 aliphatic rings. The minimum absolute atomic E-state index is 0.142. The van der Waals surface area contributed by atoms with Gasteiger partial charge in [0.15, 0.2) is 0 Å². The van der Waals surface area contributed by atoms with Gasteiger partial charge in [0, 0.05) is 19.2 Å². The summed E-state index contributed by atoms with van der Waals surface area (Å²) in [7, 11) is 2.03. The smallest absolute Gasteiger partial charge is 0.0995 e. The monoisotopic (exact) mass is 280 g/mol. The van der Waals surface area contributed by atoms with E-state index >= 15 is 0 Å². The highest BCUT2D eigenvalue weighted by Gasteiger charge is 2.17. The number of hydrogen-bond donors (Lipinski definition) is 1. The summed E-state index contributed by atoms with van der Waals surface area (Å²) < 4.78 is 0. The van der Waals surface area contributed by atoms with Crippen LogP contribution in [0.1, 0.15) is 29.2 Å². The van der Waals surface area contributed by atoms with Gasteiger partial charge in [-0.05, 0) is 30.7 Å². The van der Waals surface area contributed by atoms with Crippen molar-refractivity contribution in [1.82, 2.24) is 4.90 Å². The molecular formula is C18H20N2O. The summed E-state index contributed by atoms with van der Waals surface area (Å²) in [6.07, 6.45) is 0.676. The van der Waals surface area contributed by atoms with Crippen LogP contribution < -0.4 is 0 Å². The Labute approximate surface area is 126 Å². The third-order valence-electron chi connectivity index (χ3n) is 3.68. The number of benzene rings is 2. The normalized spacial score (nSPS) is 12.1. The second-order valence-electron chi connectivity index (χ2n) is 5.12. The fourth-order valence-corrected chi connectivity index (χ4v) is 2.59. The highest BCUT2D eigenvalue weighted by Crippen LogP contribution is 2.25. The van der Waals surface area contributed by atoms with Gasteiger partial charge in [-0.2, -0.15) is 5.26 Å². The van der Waals surface area contributed by atoms with Gasteiger partial charge in [-0.15, -0.1) is 0 Å². The third-order valence-corrected chi connectivity index (χ3v) is 3.68. The standard InChI is InChI=1S/C18H20N2O/c1-20(14-17-10-6-5-9-16(17)13-19)18(11-12-21)15-7-3-2-4-8-15/h2-10,18,21H,11-12,14H2,1H3/t18-/m0/s1. The number of nitrogens with zero attached hydrogens (tertiary/aromatic N) is 2. The number of aliphatic hydroxyl groups excluding tert-OH is 1. The van der Waals surface area contributed by atoms with Crippen LogP contribution >= 0.6 is 0 Å². The van der Waals surface area contributed by atoms with Gasteiger partial charge < -0.3 is 5.11 Å². The van der Waals surface area contributed by atoms with Crippen LogP contribution in [0, 0.1) is 11.3 Å². The van der Waals surface area contributed by atoms with Crippen LogP contribution in [0.2, 0.25) is 0 Å². The molecule has 21 heavy (non-hydrogen) atoms. The van der Waals surface area contributed by atoms with Crippen molar-refractivity contribution in [2.24, 2.45) is 0 Å². The number of hydrogen-bond acceptors (Lipinski definition) is 3. The Morgan fingerprint density at radius 2 is 1.76 bits per heavy atom. The van der Waals surface area contributed by atoms with E-state index < -0.39 is 0 Å². The molecule has 0 aliphatic carbocycles. The maximum absolute atomic E-state index is 9.33. The van der Waals surface area contributed by atoms with E-state index in [1.54, 1.807) is 0 Å². The molecule has 0 aliphatic heterocycles. The first-order valence-electron chi connectivity index (χ1n) is 7.10. The number of rotatable bonds is 6. The Balaban J connectivity index is 2.20. The zero-order valence-electron chi connectivity index (χ0n) is 12.2. The summed E-state index contributed by atoms with van der Waals surface area (Å²) in [5, 5.41) is 18.5. The van der Waals surface area contributed by atoms with Crippen molar-refractivity contribution in [3.8, 4) is 6.07 Å². The van der Waals surface area contributed by atoms with Gasteiger partial charge in [0.25, 0.3) is 0 Å². The van der Waals surface area contributed by atoms with Crippen LogP contribution in [0.15, 0.2) is 54.6 Å². The van der Waals surface area contributed by atoms with Crippen molar-refractivity contribution in [3.05, 3.63) is 71.3 Å². The average molecular weight is 280 g/mol. The lowest BCUT2D eigenvalue weighted by Gasteiger charge is -2.28. The third kappa shape index (κ3) is 3.91. The molecule has 2 aromatic carbocycles. The van der Waals surface area contributed by atoms with E-state index in [4.69, 9.17) is 0 Å². The van der Waals surface area contributed by atoms with Crippen LogP contribution in [0.25, 0.3) is 0 Å². The fraction of sp³-hybridized carbons (Fsp3) is 0.278. The lowest BCUT2D eigenvalue weighted by Crippen LogP contribution is -2.25. The molecule has 0 aromatic heterocycles. The summed E-state index contributed by atoms with van der Waals surface area (Å²) in [5.41, 5.74) is 2.91. The van der Waals surface area contributed by atoms with Crippen LogP contribution in [-0.4, -0.2) is 23.7 Å². The van der Waals surface area contributed by atoms with E-state index in [1.807, 2.05) is 49.5 Å². The van der Waals surface area contributed by atoms with E-state index in [2.05, 4.69) is 23.1 Å². The Hall–Kier alpha value is -2.15. The van der Waals surface area contributed by atoms with Crippen LogP contribution in [0.3, 0.4) is 0 Å². The van der Waals surface area contributed by atoms with Gasteiger partial charge in [-0.25, -0.2) is 0 Å². The first kappa shape index (κ1) is 15.2. The minimum Gasteiger partial charge on any atom is -0.396 e. The fourth-order valence-electron chi connectivity index (χ4n) is 2.59. The Morgan fingerprint density at radius 1 is 1.10 bits per heavy atom. The maximum atomic E-state index is 9.33. The van der Waals surface area contributed by atoms with Crippen molar-refractivity contribution in [3.63, 3.8) is 0 Å². The van der Waals surface area contributed by atoms with Gasteiger partial charge in [-0.1, -0.05) is 48.5 Å². The van der Waals surface area contributed by atoms with E-state index in [1.165, 1.54) is 5.56 Å². The zero-order valence-corrected chi connectivity index (χ0v) is 12.2. The van der Waals surface area contributed by atoms with Crippen molar-refractivity contribution in [1.29, 1.82) is 5.26 Å². The molecule has 0 amide bonds. The van der Waals surface area contributed by atoms with Crippen molar-refractivity contribution < 1.29 is 5.11 Å². The van der Waals surface area contributed by atoms with E-state index in [0.29, 0.717) is 18.5 Å². The van der Waals surface area contributed by atoms with Gasteiger partial charge in [0.1, 0.15) is 0 Å². The molecule has 3 nitrogen and oxygen atoms in total. The van der Waals surface area contributed by atoms with Gasteiger partial charge in [0.2, 0.25) is 0 Å². The zero-order chi connectivity index (χ0) is 15.1.